The topological polar surface area (TPSA) is 60.7 Å². The zero-order valence-electron chi connectivity index (χ0n) is 11.7. The van der Waals surface area contributed by atoms with E-state index >= 15 is 0 Å². The minimum Gasteiger partial charge on any atom is -0.388 e. The number of ether oxygens (including phenoxy) is 1. The van der Waals surface area contributed by atoms with Gasteiger partial charge in [0.2, 0.25) is 0 Å². The van der Waals surface area contributed by atoms with Gasteiger partial charge in [-0.1, -0.05) is 19.1 Å². The molecule has 6 heteroatoms. The molecule has 19 heavy (non-hydrogen) atoms. The highest BCUT2D eigenvalue weighted by Crippen LogP contribution is 2.28. The van der Waals surface area contributed by atoms with Crippen molar-refractivity contribution in [3.63, 3.8) is 0 Å². The second kappa shape index (κ2) is 7.26. The molecule has 0 bridgehead atoms. The maximum Gasteiger partial charge on any atom is 0.503 e. The number of hydrogen-bond donors (Lipinski definition) is 0. The fourth-order valence-electron chi connectivity index (χ4n) is 2.12. The maximum atomic E-state index is 8.51. The van der Waals surface area contributed by atoms with Gasteiger partial charge in [0.25, 0.3) is 6.26 Å². The predicted octanol–water partition coefficient (Wildman–Crippen LogP) is 2.36. The second-order valence-electron chi connectivity index (χ2n) is 4.16. The summed E-state index contributed by atoms with van der Waals surface area (Å²) >= 11 is 0. The summed E-state index contributed by atoms with van der Waals surface area (Å²) in [4.78, 5) is 0. The zero-order chi connectivity index (χ0) is 14.3. The van der Waals surface area contributed by atoms with Gasteiger partial charge in [-0.25, -0.2) is 0 Å². The predicted molar refractivity (Wildman–Crippen MR) is 72.6 cm³/mol. The number of hydrogen-bond acceptors (Lipinski definition) is 5. The van der Waals surface area contributed by atoms with Gasteiger partial charge >= 0.3 is 8.80 Å². The maximum absolute atomic E-state index is 8.51. The molecule has 0 spiro atoms. The van der Waals surface area contributed by atoms with Gasteiger partial charge in [-0.2, -0.15) is 0 Å². The molecule has 0 N–H and O–H groups in total. The highest BCUT2D eigenvalue weighted by Gasteiger charge is 2.44. The van der Waals surface area contributed by atoms with Gasteiger partial charge in [0, 0.05) is 26.9 Å². The van der Waals surface area contributed by atoms with Gasteiger partial charge in [-0.05, 0) is 24.1 Å². The summed E-state index contributed by atoms with van der Waals surface area (Å²) in [6, 6.07) is 7.40. The highest BCUT2D eigenvalue weighted by atomic mass is 28.4. The van der Waals surface area contributed by atoms with E-state index in [9.17, 15) is 0 Å². The lowest BCUT2D eigenvalue weighted by Gasteiger charge is -2.30. The summed E-state index contributed by atoms with van der Waals surface area (Å²) in [7, 11) is 2.16. The van der Waals surface area contributed by atoms with Crippen LogP contribution in [0.5, 0.6) is 5.75 Å². The van der Waals surface area contributed by atoms with Crippen LogP contribution in [-0.2, 0) is 19.7 Å². The molecule has 0 saturated heterocycles. The summed E-state index contributed by atoms with van der Waals surface area (Å²) in [6.07, 6.45) is 2.39. The lowest BCUT2D eigenvalue weighted by atomic mass is 10.1. The SMILES string of the molecule is CO[Si](OC)(OC)C(C)Cc1cccc(OC#N)c1. The molecule has 104 valence electrons. The zero-order valence-corrected chi connectivity index (χ0v) is 12.7. The number of nitrogens with zero attached hydrogens (tertiary/aromatic N) is 1. The van der Waals surface area contributed by atoms with E-state index in [0.29, 0.717) is 5.75 Å². The molecule has 0 aliphatic heterocycles. The van der Waals surface area contributed by atoms with Crippen molar-refractivity contribution < 1.29 is 18.0 Å². The molecule has 5 nitrogen and oxygen atoms in total. The lowest BCUT2D eigenvalue weighted by molar-refractivity contribution is 0.113. The lowest BCUT2D eigenvalue weighted by Crippen LogP contribution is -2.47. The Morgan fingerprint density at radius 1 is 1.21 bits per heavy atom. The van der Waals surface area contributed by atoms with Crippen LogP contribution in [-0.4, -0.2) is 30.1 Å². The van der Waals surface area contributed by atoms with Crippen molar-refractivity contribution in [3.05, 3.63) is 29.8 Å². The Morgan fingerprint density at radius 3 is 2.37 bits per heavy atom. The summed E-state index contributed by atoms with van der Waals surface area (Å²) in [5, 5.41) is 8.51. The van der Waals surface area contributed by atoms with Gasteiger partial charge in [-0.3, -0.25) is 0 Å². The summed E-state index contributed by atoms with van der Waals surface area (Å²) in [5.74, 6) is 0.534. The average Bonchev–Trinajstić information content (AvgIpc) is 2.42. The van der Waals surface area contributed by atoms with E-state index in [-0.39, 0.29) is 5.54 Å². The van der Waals surface area contributed by atoms with Gasteiger partial charge in [0.05, 0.1) is 0 Å². The smallest absolute Gasteiger partial charge is 0.388 e. The average molecular weight is 281 g/mol. The first kappa shape index (κ1) is 15.7. The van der Waals surface area contributed by atoms with Crippen LogP contribution >= 0.6 is 0 Å². The fourth-order valence-corrected chi connectivity index (χ4v) is 4.31. The molecule has 0 aromatic heterocycles. The van der Waals surface area contributed by atoms with Crippen molar-refractivity contribution in [2.24, 2.45) is 0 Å². The van der Waals surface area contributed by atoms with E-state index in [1.165, 1.54) is 0 Å². The van der Waals surface area contributed by atoms with Crippen LogP contribution in [0.4, 0.5) is 0 Å². The Bertz CT molecular complexity index is 434. The molecule has 0 amide bonds. The largest absolute Gasteiger partial charge is 0.503 e. The monoisotopic (exact) mass is 281 g/mol. The third-order valence-electron chi connectivity index (χ3n) is 3.06. The first-order chi connectivity index (χ1) is 9.11. The van der Waals surface area contributed by atoms with Crippen LogP contribution in [0.1, 0.15) is 12.5 Å². The number of rotatable bonds is 7. The molecule has 1 atom stereocenters. The van der Waals surface area contributed by atoms with Gasteiger partial charge in [-0.15, -0.1) is 5.26 Å². The summed E-state index contributed by atoms with van der Waals surface area (Å²) < 4.78 is 21.2. The van der Waals surface area contributed by atoms with Crippen LogP contribution < -0.4 is 4.74 Å². The van der Waals surface area contributed by atoms with Crippen molar-refractivity contribution in [1.29, 1.82) is 5.26 Å². The molecule has 0 aliphatic rings. The first-order valence-corrected chi connectivity index (χ1v) is 7.72. The van der Waals surface area contributed by atoms with Crippen molar-refractivity contribution in [2.75, 3.05) is 21.3 Å². The molecule has 0 fully saturated rings. The van der Waals surface area contributed by atoms with E-state index < -0.39 is 8.80 Å². The first-order valence-electron chi connectivity index (χ1n) is 5.92. The molecule has 1 rings (SSSR count). The van der Waals surface area contributed by atoms with E-state index in [2.05, 4.69) is 0 Å². The summed E-state index contributed by atoms with van der Waals surface area (Å²) in [5.41, 5.74) is 1.15. The fraction of sp³-hybridized carbons (Fsp3) is 0.462. The minimum absolute atomic E-state index is 0.102. The van der Waals surface area contributed by atoms with Crippen molar-refractivity contribution in [1.82, 2.24) is 0 Å². The molecular formula is C13H19NO4Si. The van der Waals surface area contributed by atoms with E-state index in [1.807, 2.05) is 25.1 Å². The van der Waals surface area contributed by atoms with E-state index in [4.69, 9.17) is 23.3 Å². The Hall–Kier alpha value is -1.39. The van der Waals surface area contributed by atoms with Gasteiger partial charge in [0.15, 0.2) is 0 Å². The minimum atomic E-state index is -2.65. The van der Waals surface area contributed by atoms with Crippen LogP contribution in [0.25, 0.3) is 0 Å². The Balaban J connectivity index is 2.84. The van der Waals surface area contributed by atoms with Crippen molar-refractivity contribution >= 4 is 8.80 Å². The van der Waals surface area contributed by atoms with Crippen LogP contribution in [0, 0.1) is 11.5 Å². The summed E-state index contributed by atoms with van der Waals surface area (Å²) in [6.45, 7) is 2.03. The highest BCUT2D eigenvalue weighted by molar-refractivity contribution is 6.62. The van der Waals surface area contributed by atoms with Crippen molar-refractivity contribution in [2.45, 2.75) is 18.9 Å². The van der Waals surface area contributed by atoms with Crippen molar-refractivity contribution in [3.8, 4) is 12.0 Å². The van der Waals surface area contributed by atoms with Gasteiger partial charge < -0.3 is 18.0 Å². The van der Waals surface area contributed by atoms with Crippen LogP contribution in [0.3, 0.4) is 0 Å². The Kier molecular flexibility index (Phi) is 5.98. The standard InChI is InChI=1S/C13H19NO4Si/c1-11(19(15-2,16-3)17-4)8-12-6-5-7-13(9-12)18-10-14/h5-7,9,11H,8H2,1-4H3. The molecule has 0 saturated carbocycles. The quantitative estimate of drug-likeness (QED) is 0.567. The van der Waals surface area contributed by atoms with E-state index in [0.717, 1.165) is 12.0 Å². The number of benzene rings is 1. The molecule has 0 radical (unpaired) electrons. The second-order valence-corrected chi connectivity index (χ2v) is 7.58. The normalized spacial score (nSPS) is 12.8. The third kappa shape index (κ3) is 3.78. The molecule has 1 aromatic carbocycles. The third-order valence-corrected chi connectivity index (χ3v) is 6.18. The Labute approximate surface area is 115 Å². The molecule has 0 aliphatic carbocycles. The number of nitriles is 1. The van der Waals surface area contributed by atoms with E-state index in [1.54, 1.807) is 33.7 Å². The Morgan fingerprint density at radius 2 is 1.84 bits per heavy atom. The molecular weight excluding hydrogens is 262 g/mol. The molecule has 0 heterocycles. The van der Waals surface area contributed by atoms with Crippen LogP contribution in [0.2, 0.25) is 5.54 Å². The molecule has 1 unspecified atom stereocenters. The van der Waals surface area contributed by atoms with Crippen LogP contribution in [0.15, 0.2) is 24.3 Å². The molecule has 1 aromatic rings. The van der Waals surface area contributed by atoms with Gasteiger partial charge in [0.1, 0.15) is 5.75 Å².